The standard InChI is InChI=1S/C17H16N4O4/c1-11-19-21(16(23)14-8-5-9-20(11)14)10-15(22)18-13-7-4-3-6-12(13)17(24)25-2/h3-9H,10H2,1-2H3,(H,18,22). The van der Waals surface area contributed by atoms with Crippen LogP contribution >= 0.6 is 0 Å². The Morgan fingerprint density at radius 2 is 1.96 bits per heavy atom. The molecule has 0 aliphatic heterocycles. The topological polar surface area (TPSA) is 94.7 Å². The minimum Gasteiger partial charge on any atom is -0.465 e. The summed E-state index contributed by atoms with van der Waals surface area (Å²) in [4.78, 5) is 36.4. The Balaban J connectivity index is 1.86. The van der Waals surface area contributed by atoms with Crippen molar-refractivity contribution in [2.24, 2.45) is 0 Å². The highest BCUT2D eigenvalue weighted by Crippen LogP contribution is 2.16. The lowest BCUT2D eigenvalue weighted by Gasteiger charge is -2.11. The van der Waals surface area contributed by atoms with E-state index in [4.69, 9.17) is 4.74 Å². The van der Waals surface area contributed by atoms with E-state index in [1.807, 2.05) is 0 Å². The molecule has 3 rings (SSSR count). The van der Waals surface area contributed by atoms with Gasteiger partial charge >= 0.3 is 5.97 Å². The number of aromatic nitrogens is 3. The van der Waals surface area contributed by atoms with Gasteiger partial charge in [-0.05, 0) is 31.2 Å². The fourth-order valence-corrected chi connectivity index (χ4v) is 2.55. The first kappa shape index (κ1) is 16.4. The van der Waals surface area contributed by atoms with E-state index in [-0.39, 0.29) is 17.7 Å². The SMILES string of the molecule is COC(=O)c1ccccc1NC(=O)Cn1nc(C)n2cccc2c1=O. The van der Waals surface area contributed by atoms with Crippen molar-refractivity contribution in [3.8, 4) is 0 Å². The molecule has 1 aromatic carbocycles. The van der Waals surface area contributed by atoms with E-state index in [1.165, 1.54) is 7.11 Å². The van der Waals surface area contributed by atoms with Gasteiger partial charge in [-0.1, -0.05) is 12.1 Å². The number of anilines is 1. The van der Waals surface area contributed by atoms with Gasteiger partial charge in [-0.15, -0.1) is 0 Å². The van der Waals surface area contributed by atoms with Gasteiger partial charge in [-0.25, -0.2) is 9.48 Å². The predicted molar refractivity (Wildman–Crippen MR) is 90.6 cm³/mol. The zero-order valence-corrected chi connectivity index (χ0v) is 13.7. The normalized spacial score (nSPS) is 10.6. The number of para-hydroxylation sites is 1. The molecule has 1 amide bonds. The first-order valence-corrected chi connectivity index (χ1v) is 7.53. The molecule has 128 valence electrons. The molecule has 1 N–H and O–H groups in total. The number of nitrogens with one attached hydrogen (secondary N) is 1. The third kappa shape index (κ3) is 3.14. The summed E-state index contributed by atoms with van der Waals surface area (Å²) in [7, 11) is 1.26. The van der Waals surface area contributed by atoms with Crippen LogP contribution in [0.3, 0.4) is 0 Å². The second-order valence-corrected chi connectivity index (χ2v) is 5.36. The number of carbonyl (C=O) groups is 2. The van der Waals surface area contributed by atoms with Gasteiger partial charge in [0.25, 0.3) is 5.56 Å². The van der Waals surface area contributed by atoms with Crippen LogP contribution in [0.15, 0.2) is 47.4 Å². The molecule has 8 heteroatoms. The van der Waals surface area contributed by atoms with Gasteiger partial charge in [0.2, 0.25) is 5.91 Å². The lowest BCUT2D eigenvalue weighted by atomic mass is 10.2. The first-order valence-electron chi connectivity index (χ1n) is 7.53. The molecule has 0 aliphatic carbocycles. The fraction of sp³-hybridized carbons (Fsp3) is 0.176. The number of amides is 1. The highest BCUT2D eigenvalue weighted by Gasteiger charge is 2.15. The molecule has 0 saturated heterocycles. The number of ether oxygens (including phenoxy) is 1. The van der Waals surface area contributed by atoms with Crippen LogP contribution in [0, 0.1) is 6.92 Å². The molecule has 0 unspecified atom stereocenters. The summed E-state index contributed by atoms with van der Waals surface area (Å²) in [5, 5.41) is 6.76. The summed E-state index contributed by atoms with van der Waals surface area (Å²) >= 11 is 0. The van der Waals surface area contributed by atoms with Crippen molar-refractivity contribution in [3.05, 3.63) is 64.3 Å². The number of carbonyl (C=O) groups excluding carboxylic acids is 2. The van der Waals surface area contributed by atoms with Crippen LogP contribution in [0.2, 0.25) is 0 Å². The monoisotopic (exact) mass is 340 g/mol. The zero-order chi connectivity index (χ0) is 18.0. The Labute approximate surface area is 142 Å². The Kier molecular flexibility index (Phi) is 4.34. The average molecular weight is 340 g/mol. The van der Waals surface area contributed by atoms with Crippen LogP contribution < -0.4 is 10.9 Å². The molecule has 2 aromatic heterocycles. The molecule has 0 spiro atoms. The van der Waals surface area contributed by atoms with Crippen molar-refractivity contribution < 1.29 is 14.3 Å². The van der Waals surface area contributed by atoms with Crippen LogP contribution in [0.5, 0.6) is 0 Å². The van der Waals surface area contributed by atoms with Gasteiger partial charge in [0.1, 0.15) is 17.9 Å². The molecule has 3 aromatic rings. The van der Waals surface area contributed by atoms with Gasteiger partial charge in [0.05, 0.1) is 18.4 Å². The maximum atomic E-state index is 12.4. The minimum absolute atomic E-state index is 0.233. The van der Waals surface area contributed by atoms with E-state index in [1.54, 1.807) is 53.9 Å². The molecule has 0 bridgehead atoms. The second-order valence-electron chi connectivity index (χ2n) is 5.36. The number of esters is 1. The van der Waals surface area contributed by atoms with Gasteiger partial charge in [-0.2, -0.15) is 5.10 Å². The molecule has 0 fully saturated rings. The summed E-state index contributed by atoms with van der Waals surface area (Å²) in [6.45, 7) is 1.48. The van der Waals surface area contributed by atoms with Crippen LogP contribution in [-0.4, -0.2) is 33.2 Å². The van der Waals surface area contributed by atoms with Crippen molar-refractivity contribution in [3.63, 3.8) is 0 Å². The quantitative estimate of drug-likeness (QED) is 0.721. The number of aryl methyl sites for hydroxylation is 1. The lowest BCUT2D eigenvalue weighted by Crippen LogP contribution is -2.31. The smallest absolute Gasteiger partial charge is 0.339 e. The van der Waals surface area contributed by atoms with E-state index in [2.05, 4.69) is 10.4 Å². The Morgan fingerprint density at radius 3 is 2.72 bits per heavy atom. The fourth-order valence-electron chi connectivity index (χ4n) is 2.55. The van der Waals surface area contributed by atoms with Crippen molar-refractivity contribution in [1.82, 2.24) is 14.2 Å². The molecular formula is C17H16N4O4. The third-order valence-electron chi connectivity index (χ3n) is 3.72. The molecule has 0 atom stereocenters. The second kappa shape index (κ2) is 6.60. The molecule has 8 nitrogen and oxygen atoms in total. The van der Waals surface area contributed by atoms with E-state index < -0.39 is 11.9 Å². The van der Waals surface area contributed by atoms with Crippen LogP contribution in [0.1, 0.15) is 16.2 Å². The Morgan fingerprint density at radius 1 is 1.20 bits per heavy atom. The minimum atomic E-state index is -0.559. The number of nitrogens with zero attached hydrogens (tertiary/aromatic N) is 3. The van der Waals surface area contributed by atoms with Crippen LogP contribution in [0.25, 0.3) is 5.52 Å². The van der Waals surface area contributed by atoms with Crippen molar-refractivity contribution in [2.75, 3.05) is 12.4 Å². The molecule has 0 saturated carbocycles. The number of methoxy groups -OCH3 is 1. The van der Waals surface area contributed by atoms with Gasteiger partial charge in [0.15, 0.2) is 0 Å². The van der Waals surface area contributed by atoms with Gasteiger partial charge < -0.3 is 10.1 Å². The number of rotatable bonds is 4. The van der Waals surface area contributed by atoms with Crippen molar-refractivity contribution in [2.45, 2.75) is 13.5 Å². The van der Waals surface area contributed by atoms with Gasteiger partial charge in [0, 0.05) is 6.20 Å². The number of fused-ring (bicyclic) bond motifs is 1. The average Bonchev–Trinajstić information content (AvgIpc) is 3.10. The van der Waals surface area contributed by atoms with E-state index in [0.717, 1.165) is 4.68 Å². The number of hydrogen-bond donors (Lipinski definition) is 1. The first-order chi connectivity index (χ1) is 12.0. The van der Waals surface area contributed by atoms with Gasteiger partial charge in [-0.3, -0.25) is 14.0 Å². The summed E-state index contributed by atoms with van der Waals surface area (Å²) in [5.74, 6) is -0.444. The highest BCUT2D eigenvalue weighted by atomic mass is 16.5. The summed E-state index contributed by atoms with van der Waals surface area (Å²) in [6.07, 6.45) is 1.73. The van der Waals surface area contributed by atoms with Crippen LogP contribution in [0.4, 0.5) is 5.69 Å². The highest BCUT2D eigenvalue weighted by molar-refractivity contribution is 6.01. The molecule has 0 radical (unpaired) electrons. The van der Waals surface area contributed by atoms with E-state index in [9.17, 15) is 14.4 Å². The Hall–Kier alpha value is -3.42. The number of hydrogen-bond acceptors (Lipinski definition) is 5. The molecule has 0 aliphatic rings. The van der Waals surface area contributed by atoms with E-state index >= 15 is 0 Å². The van der Waals surface area contributed by atoms with E-state index in [0.29, 0.717) is 17.0 Å². The molecule has 25 heavy (non-hydrogen) atoms. The Bertz CT molecular complexity index is 1020. The summed E-state index contributed by atoms with van der Waals surface area (Å²) in [6, 6.07) is 9.88. The number of benzene rings is 1. The predicted octanol–water partition coefficient (Wildman–Crippen LogP) is 1.23. The molecular weight excluding hydrogens is 324 g/mol. The summed E-state index contributed by atoms with van der Waals surface area (Å²) in [5.41, 5.74) is 0.618. The van der Waals surface area contributed by atoms with Crippen LogP contribution in [-0.2, 0) is 16.1 Å². The maximum Gasteiger partial charge on any atom is 0.339 e. The molecule has 2 heterocycles. The van der Waals surface area contributed by atoms with Crippen molar-refractivity contribution >= 4 is 23.1 Å². The maximum absolute atomic E-state index is 12.4. The lowest BCUT2D eigenvalue weighted by molar-refractivity contribution is -0.117. The zero-order valence-electron chi connectivity index (χ0n) is 13.7. The van der Waals surface area contributed by atoms with Crippen molar-refractivity contribution in [1.29, 1.82) is 0 Å². The third-order valence-corrected chi connectivity index (χ3v) is 3.72. The summed E-state index contributed by atoms with van der Waals surface area (Å²) < 4.78 is 7.44. The largest absolute Gasteiger partial charge is 0.465 e.